The van der Waals surface area contributed by atoms with E-state index in [4.69, 9.17) is 0 Å². The molecule has 142 valence electrons. The van der Waals surface area contributed by atoms with Gasteiger partial charge < -0.3 is 10.6 Å². The minimum atomic E-state index is -0.252. The molecule has 1 fully saturated rings. The summed E-state index contributed by atoms with van der Waals surface area (Å²) in [6.07, 6.45) is 0.600. The monoisotopic (exact) mass is 364 g/mol. The lowest BCUT2D eigenvalue weighted by Crippen LogP contribution is -2.20. The van der Waals surface area contributed by atoms with Gasteiger partial charge in [0.15, 0.2) is 0 Å². The van der Waals surface area contributed by atoms with Crippen LogP contribution < -0.4 is 10.6 Å². The van der Waals surface area contributed by atoms with Crippen LogP contribution in [0.1, 0.15) is 43.9 Å². The first-order valence-corrected chi connectivity index (χ1v) is 9.44. The van der Waals surface area contributed by atoms with Crippen molar-refractivity contribution in [3.05, 3.63) is 59.2 Å². The second-order valence-corrected chi connectivity index (χ2v) is 8.63. The second-order valence-electron chi connectivity index (χ2n) is 8.63. The smallest absolute Gasteiger partial charge is 0.228 e. The van der Waals surface area contributed by atoms with E-state index in [2.05, 4.69) is 37.5 Å². The van der Waals surface area contributed by atoms with Gasteiger partial charge in [0.1, 0.15) is 0 Å². The maximum Gasteiger partial charge on any atom is 0.228 e. The molecule has 1 aliphatic carbocycles. The van der Waals surface area contributed by atoms with Gasteiger partial charge in [-0.15, -0.1) is 0 Å². The van der Waals surface area contributed by atoms with Gasteiger partial charge in [-0.2, -0.15) is 0 Å². The average molecular weight is 364 g/mol. The summed E-state index contributed by atoms with van der Waals surface area (Å²) in [5.74, 6) is -0.667. The van der Waals surface area contributed by atoms with E-state index in [-0.39, 0.29) is 29.1 Å². The van der Waals surface area contributed by atoms with Crippen molar-refractivity contribution in [1.29, 1.82) is 0 Å². The minimum absolute atomic E-state index is 0.0797. The second kappa shape index (κ2) is 7.18. The zero-order chi connectivity index (χ0) is 19.8. The fourth-order valence-electron chi connectivity index (χ4n) is 3.34. The van der Waals surface area contributed by atoms with Crippen molar-refractivity contribution in [2.24, 2.45) is 11.8 Å². The fourth-order valence-corrected chi connectivity index (χ4v) is 3.34. The van der Waals surface area contributed by atoms with Crippen molar-refractivity contribution in [2.45, 2.75) is 46.5 Å². The van der Waals surface area contributed by atoms with E-state index >= 15 is 0 Å². The van der Waals surface area contributed by atoms with Crippen LogP contribution >= 0.6 is 0 Å². The van der Waals surface area contributed by atoms with E-state index in [9.17, 15) is 9.59 Å². The molecule has 2 N–H and O–H groups in total. The number of carbonyl (C=O) groups is 2. The summed E-state index contributed by atoms with van der Waals surface area (Å²) >= 11 is 0. The first-order valence-electron chi connectivity index (χ1n) is 9.44. The van der Waals surface area contributed by atoms with Crippen molar-refractivity contribution in [2.75, 3.05) is 10.6 Å². The molecule has 0 saturated heterocycles. The van der Waals surface area contributed by atoms with Gasteiger partial charge in [-0.05, 0) is 66.6 Å². The van der Waals surface area contributed by atoms with Gasteiger partial charge >= 0.3 is 0 Å². The molecule has 0 heterocycles. The van der Waals surface area contributed by atoms with E-state index < -0.39 is 0 Å². The van der Waals surface area contributed by atoms with E-state index in [1.165, 1.54) is 5.56 Å². The van der Waals surface area contributed by atoms with Gasteiger partial charge in [0, 0.05) is 11.4 Å². The Morgan fingerprint density at radius 1 is 0.815 bits per heavy atom. The maximum atomic E-state index is 12.4. The van der Waals surface area contributed by atoms with Crippen LogP contribution in [0.15, 0.2) is 42.5 Å². The highest BCUT2D eigenvalue weighted by molar-refractivity contribution is 6.03. The summed E-state index contributed by atoms with van der Waals surface area (Å²) in [5.41, 5.74) is 5.08. The topological polar surface area (TPSA) is 58.2 Å². The van der Waals surface area contributed by atoms with E-state index in [1.54, 1.807) is 0 Å². The molecule has 2 unspecified atom stereocenters. The Balaban J connectivity index is 1.56. The summed E-state index contributed by atoms with van der Waals surface area (Å²) < 4.78 is 0. The Morgan fingerprint density at radius 2 is 1.30 bits per heavy atom. The molecule has 3 rings (SSSR count). The third-order valence-corrected chi connectivity index (χ3v) is 4.97. The summed E-state index contributed by atoms with van der Waals surface area (Å²) in [4.78, 5) is 24.9. The fraction of sp³-hybridized carbons (Fsp3) is 0.391. The highest BCUT2D eigenvalue weighted by atomic mass is 16.2. The van der Waals surface area contributed by atoms with Crippen molar-refractivity contribution in [1.82, 2.24) is 0 Å². The molecular weight excluding hydrogens is 336 g/mol. The largest absolute Gasteiger partial charge is 0.326 e. The zero-order valence-corrected chi connectivity index (χ0v) is 16.7. The first-order chi connectivity index (χ1) is 12.6. The van der Waals surface area contributed by atoms with Crippen LogP contribution in [-0.4, -0.2) is 11.8 Å². The average Bonchev–Trinajstić information content (AvgIpc) is 3.34. The SMILES string of the molecule is Cc1cc(C)cc(NC(=O)C2CC2C(=O)Nc2ccc(C(C)(C)C)cc2)c1. The van der Waals surface area contributed by atoms with Crippen LogP contribution in [-0.2, 0) is 15.0 Å². The van der Waals surface area contributed by atoms with E-state index in [1.807, 2.05) is 50.2 Å². The molecule has 2 aromatic rings. The lowest BCUT2D eigenvalue weighted by atomic mass is 9.87. The normalized spacial score (nSPS) is 18.7. The summed E-state index contributed by atoms with van der Waals surface area (Å²) in [7, 11) is 0. The predicted molar refractivity (Wildman–Crippen MR) is 110 cm³/mol. The van der Waals surface area contributed by atoms with Gasteiger partial charge in [-0.1, -0.05) is 39.0 Å². The Labute approximate surface area is 161 Å². The summed E-state index contributed by atoms with van der Waals surface area (Å²) in [6, 6.07) is 13.9. The number of hydrogen-bond acceptors (Lipinski definition) is 2. The number of benzene rings is 2. The Bertz CT molecular complexity index is 843. The maximum absolute atomic E-state index is 12.4. The van der Waals surface area contributed by atoms with Crippen LogP contribution in [0, 0.1) is 25.7 Å². The number of nitrogens with one attached hydrogen (secondary N) is 2. The van der Waals surface area contributed by atoms with Gasteiger partial charge in [-0.3, -0.25) is 9.59 Å². The molecule has 0 bridgehead atoms. The minimum Gasteiger partial charge on any atom is -0.326 e. The van der Waals surface area contributed by atoms with E-state index in [0.29, 0.717) is 6.42 Å². The standard InChI is InChI=1S/C23H28N2O2/c1-14-10-15(2)12-18(11-14)25-22(27)20-13-19(20)21(26)24-17-8-6-16(7-9-17)23(3,4)5/h6-12,19-20H,13H2,1-5H3,(H,24,26)(H,25,27). The first kappa shape index (κ1) is 19.2. The molecular formula is C23H28N2O2. The van der Waals surface area contributed by atoms with Crippen molar-refractivity contribution in [3.8, 4) is 0 Å². The molecule has 0 spiro atoms. The van der Waals surface area contributed by atoms with Crippen molar-refractivity contribution in [3.63, 3.8) is 0 Å². The molecule has 2 aromatic carbocycles. The summed E-state index contributed by atoms with van der Waals surface area (Å²) in [5, 5.41) is 5.87. The highest BCUT2D eigenvalue weighted by Crippen LogP contribution is 2.40. The number of hydrogen-bond donors (Lipinski definition) is 2. The molecule has 0 aliphatic heterocycles. The molecule has 2 amide bonds. The van der Waals surface area contributed by atoms with Crippen LogP contribution in [0.4, 0.5) is 11.4 Å². The highest BCUT2D eigenvalue weighted by Gasteiger charge is 2.48. The Hall–Kier alpha value is -2.62. The third kappa shape index (κ3) is 4.76. The Kier molecular flexibility index (Phi) is 5.09. The number of rotatable bonds is 4. The van der Waals surface area contributed by atoms with Crippen LogP contribution in [0.5, 0.6) is 0 Å². The molecule has 1 aliphatic rings. The van der Waals surface area contributed by atoms with Gasteiger partial charge in [0.2, 0.25) is 11.8 Å². The van der Waals surface area contributed by atoms with Gasteiger partial charge in [-0.25, -0.2) is 0 Å². The summed E-state index contributed by atoms with van der Waals surface area (Å²) in [6.45, 7) is 10.5. The molecule has 0 radical (unpaired) electrons. The molecule has 2 atom stereocenters. The molecule has 1 saturated carbocycles. The zero-order valence-electron chi connectivity index (χ0n) is 16.7. The quantitative estimate of drug-likeness (QED) is 0.817. The van der Waals surface area contributed by atoms with Crippen LogP contribution in [0.2, 0.25) is 0 Å². The molecule has 0 aromatic heterocycles. The van der Waals surface area contributed by atoms with Crippen molar-refractivity contribution >= 4 is 23.2 Å². The lowest BCUT2D eigenvalue weighted by molar-refractivity contribution is -0.122. The predicted octanol–water partition coefficient (Wildman–Crippen LogP) is 4.81. The number of aryl methyl sites for hydroxylation is 2. The third-order valence-electron chi connectivity index (χ3n) is 4.97. The number of carbonyl (C=O) groups excluding carboxylic acids is 2. The van der Waals surface area contributed by atoms with Crippen molar-refractivity contribution < 1.29 is 9.59 Å². The van der Waals surface area contributed by atoms with Gasteiger partial charge in [0.05, 0.1) is 11.8 Å². The number of amides is 2. The van der Waals surface area contributed by atoms with Gasteiger partial charge in [0.25, 0.3) is 0 Å². The molecule has 4 heteroatoms. The molecule has 27 heavy (non-hydrogen) atoms. The Morgan fingerprint density at radius 3 is 1.78 bits per heavy atom. The molecule has 4 nitrogen and oxygen atoms in total. The van der Waals surface area contributed by atoms with Crippen LogP contribution in [0.3, 0.4) is 0 Å². The van der Waals surface area contributed by atoms with Crippen LogP contribution in [0.25, 0.3) is 0 Å². The number of anilines is 2. The van der Waals surface area contributed by atoms with E-state index in [0.717, 1.165) is 22.5 Å². The lowest BCUT2D eigenvalue weighted by Gasteiger charge is -2.19.